The van der Waals surface area contributed by atoms with E-state index in [-0.39, 0.29) is 18.1 Å². The van der Waals surface area contributed by atoms with Gasteiger partial charge in [-0.05, 0) is 42.7 Å². The monoisotopic (exact) mass is 398 g/mol. The number of likely N-dealkylation sites (N-methyl/N-ethyl adjacent to an activating group) is 1. The molecule has 1 saturated carbocycles. The van der Waals surface area contributed by atoms with Gasteiger partial charge < -0.3 is 9.64 Å². The topological polar surface area (TPSA) is 32.8 Å². The van der Waals surface area contributed by atoms with Gasteiger partial charge in [-0.15, -0.1) is 0 Å². The molecule has 152 valence electrons. The van der Waals surface area contributed by atoms with Gasteiger partial charge >= 0.3 is 0 Å². The minimum absolute atomic E-state index is 0.00140. The average molecular weight is 398 g/mol. The van der Waals surface area contributed by atoms with Gasteiger partial charge in [-0.25, -0.2) is 8.78 Å². The van der Waals surface area contributed by atoms with Crippen LogP contribution in [0.3, 0.4) is 0 Å². The first kappa shape index (κ1) is 18.6. The van der Waals surface area contributed by atoms with E-state index in [0.29, 0.717) is 28.5 Å². The number of benzene rings is 2. The second-order valence-electron chi connectivity index (χ2n) is 8.37. The number of halogens is 2. The van der Waals surface area contributed by atoms with Crippen LogP contribution in [0.5, 0.6) is 5.75 Å². The Morgan fingerprint density at radius 3 is 2.52 bits per heavy atom. The van der Waals surface area contributed by atoms with Gasteiger partial charge in [-0.1, -0.05) is 18.9 Å². The number of nitrogens with zero attached hydrogens (tertiary/aromatic N) is 2. The number of ether oxygens (including phenoxy) is 1. The highest BCUT2D eigenvalue weighted by Crippen LogP contribution is 2.36. The fourth-order valence-corrected chi connectivity index (χ4v) is 5.03. The Balaban J connectivity index is 1.48. The number of hydrogen-bond donors (Lipinski definition) is 0. The molecule has 0 aromatic heterocycles. The number of carbonyl (C=O) groups is 1. The van der Waals surface area contributed by atoms with Gasteiger partial charge in [0.2, 0.25) is 0 Å². The van der Waals surface area contributed by atoms with Gasteiger partial charge in [0, 0.05) is 37.8 Å². The Morgan fingerprint density at radius 1 is 1.00 bits per heavy atom. The van der Waals surface area contributed by atoms with Crippen LogP contribution in [0.25, 0.3) is 11.1 Å². The molecule has 2 unspecified atom stereocenters. The highest BCUT2D eigenvalue weighted by atomic mass is 19.1. The van der Waals surface area contributed by atoms with Crippen LogP contribution in [0.4, 0.5) is 8.78 Å². The van der Waals surface area contributed by atoms with Crippen molar-refractivity contribution in [3.05, 3.63) is 53.6 Å². The van der Waals surface area contributed by atoms with Gasteiger partial charge in [0.1, 0.15) is 23.5 Å². The largest absolute Gasteiger partial charge is 0.486 e. The van der Waals surface area contributed by atoms with Crippen molar-refractivity contribution < 1.29 is 18.3 Å². The minimum Gasteiger partial charge on any atom is -0.486 e. The summed E-state index contributed by atoms with van der Waals surface area (Å²) in [4.78, 5) is 17.3. The van der Waals surface area contributed by atoms with Crippen molar-refractivity contribution in [2.75, 3.05) is 20.1 Å². The number of fused-ring (bicyclic) bond motifs is 2. The summed E-state index contributed by atoms with van der Waals surface area (Å²) >= 11 is 0. The minimum atomic E-state index is -0.631. The van der Waals surface area contributed by atoms with E-state index in [1.807, 2.05) is 7.05 Å². The number of hydrogen-bond acceptors (Lipinski definition) is 3. The third-order valence-corrected chi connectivity index (χ3v) is 6.66. The van der Waals surface area contributed by atoms with E-state index in [4.69, 9.17) is 4.74 Å². The Kier molecular flexibility index (Phi) is 4.54. The highest BCUT2D eigenvalue weighted by Gasteiger charge is 2.44. The predicted molar refractivity (Wildman–Crippen MR) is 106 cm³/mol. The van der Waals surface area contributed by atoms with Crippen LogP contribution in [0, 0.1) is 11.6 Å². The summed E-state index contributed by atoms with van der Waals surface area (Å²) in [5.74, 6) is -0.848. The standard InChI is InChI=1S/C23H24F2N2O2/c1-26-20-12-27(16-4-2-3-5-16)13-22(20)29-21-10-14(6-8-18(21)23(26)28)17-9-7-15(24)11-19(17)25/h6-11,16,20,22H,2-5,12-13H2,1H3. The van der Waals surface area contributed by atoms with Gasteiger partial charge in [0.05, 0.1) is 11.6 Å². The van der Waals surface area contributed by atoms with Gasteiger partial charge in [-0.2, -0.15) is 0 Å². The Morgan fingerprint density at radius 2 is 1.76 bits per heavy atom. The molecule has 5 rings (SSSR count). The van der Waals surface area contributed by atoms with E-state index in [9.17, 15) is 13.6 Å². The normalized spacial score (nSPS) is 24.9. The van der Waals surface area contributed by atoms with Crippen LogP contribution >= 0.6 is 0 Å². The van der Waals surface area contributed by atoms with E-state index < -0.39 is 11.6 Å². The summed E-state index contributed by atoms with van der Waals surface area (Å²) < 4.78 is 33.9. The molecule has 2 aromatic carbocycles. The molecule has 2 atom stereocenters. The third-order valence-electron chi connectivity index (χ3n) is 6.66. The summed E-state index contributed by atoms with van der Waals surface area (Å²) in [7, 11) is 1.84. The SMILES string of the molecule is CN1C(=O)c2ccc(-c3ccc(F)cc3F)cc2OC2CN(C3CCCC3)CC21. The second-order valence-corrected chi connectivity index (χ2v) is 8.37. The van der Waals surface area contributed by atoms with Crippen molar-refractivity contribution in [1.29, 1.82) is 0 Å². The molecule has 3 aliphatic rings. The van der Waals surface area contributed by atoms with Crippen LogP contribution in [-0.2, 0) is 0 Å². The molecule has 4 nitrogen and oxygen atoms in total. The lowest BCUT2D eigenvalue weighted by atomic mass is 10.0. The van der Waals surface area contributed by atoms with E-state index in [1.54, 1.807) is 23.1 Å². The van der Waals surface area contributed by atoms with Gasteiger partial charge in [0.25, 0.3) is 5.91 Å². The molecule has 0 spiro atoms. The maximum Gasteiger partial charge on any atom is 0.257 e. The molecular weight excluding hydrogens is 374 g/mol. The average Bonchev–Trinajstić information content (AvgIpc) is 3.35. The molecule has 2 fully saturated rings. The van der Waals surface area contributed by atoms with E-state index in [2.05, 4.69) is 4.90 Å². The molecule has 1 aliphatic carbocycles. The maximum absolute atomic E-state index is 14.3. The molecule has 2 aliphatic heterocycles. The number of carbonyl (C=O) groups excluding carboxylic acids is 1. The summed E-state index contributed by atoms with van der Waals surface area (Å²) in [6.45, 7) is 1.62. The molecule has 0 radical (unpaired) electrons. The zero-order valence-electron chi connectivity index (χ0n) is 16.4. The Bertz CT molecular complexity index is 958. The number of rotatable bonds is 2. The smallest absolute Gasteiger partial charge is 0.257 e. The molecule has 1 saturated heterocycles. The van der Waals surface area contributed by atoms with E-state index >= 15 is 0 Å². The zero-order chi connectivity index (χ0) is 20.1. The zero-order valence-corrected chi connectivity index (χ0v) is 16.4. The predicted octanol–water partition coefficient (Wildman–Crippen LogP) is 4.09. The van der Waals surface area contributed by atoms with Gasteiger partial charge in [-0.3, -0.25) is 9.69 Å². The third kappa shape index (κ3) is 3.19. The lowest BCUT2D eigenvalue weighted by molar-refractivity contribution is 0.0681. The molecule has 2 heterocycles. The van der Waals surface area contributed by atoms with Crippen molar-refractivity contribution in [2.45, 2.75) is 43.9 Å². The lowest BCUT2D eigenvalue weighted by Crippen LogP contribution is -2.44. The quantitative estimate of drug-likeness (QED) is 0.764. The van der Waals surface area contributed by atoms with Crippen LogP contribution in [0.15, 0.2) is 36.4 Å². The summed E-state index contributed by atoms with van der Waals surface area (Å²) in [5, 5.41) is 0. The molecule has 29 heavy (non-hydrogen) atoms. The maximum atomic E-state index is 14.3. The van der Waals surface area contributed by atoms with Crippen molar-refractivity contribution in [1.82, 2.24) is 9.80 Å². The van der Waals surface area contributed by atoms with Crippen molar-refractivity contribution in [2.24, 2.45) is 0 Å². The molecule has 0 N–H and O–H groups in total. The van der Waals surface area contributed by atoms with Gasteiger partial charge in [0.15, 0.2) is 0 Å². The first-order chi connectivity index (χ1) is 14.0. The fourth-order valence-electron chi connectivity index (χ4n) is 5.03. The van der Waals surface area contributed by atoms with Crippen LogP contribution in [0.1, 0.15) is 36.0 Å². The fraction of sp³-hybridized carbons (Fsp3) is 0.435. The lowest BCUT2D eigenvalue weighted by Gasteiger charge is -2.26. The second kappa shape index (κ2) is 7.10. The first-order valence-corrected chi connectivity index (χ1v) is 10.3. The van der Waals surface area contributed by atoms with E-state index in [0.717, 1.165) is 19.2 Å². The van der Waals surface area contributed by atoms with Crippen molar-refractivity contribution >= 4 is 5.91 Å². The molecule has 6 heteroatoms. The Labute approximate surface area is 169 Å². The first-order valence-electron chi connectivity index (χ1n) is 10.3. The molecule has 2 aromatic rings. The summed E-state index contributed by atoms with van der Waals surface area (Å²) in [6.07, 6.45) is 4.84. The summed E-state index contributed by atoms with van der Waals surface area (Å²) in [6, 6.07) is 9.17. The van der Waals surface area contributed by atoms with Crippen LogP contribution in [0.2, 0.25) is 0 Å². The van der Waals surface area contributed by atoms with Crippen LogP contribution < -0.4 is 4.74 Å². The van der Waals surface area contributed by atoms with Crippen molar-refractivity contribution in [3.63, 3.8) is 0 Å². The molecule has 1 amide bonds. The van der Waals surface area contributed by atoms with Crippen LogP contribution in [-0.4, -0.2) is 54.0 Å². The Hall–Kier alpha value is -2.47. The molecular formula is C23H24F2N2O2. The molecule has 0 bridgehead atoms. The van der Waals surface area contributed by atoms with Crippen molar-refractivity contribution in [3.8, 4) is 16.9 Å². The highest BCUT2D eigenvalue weighted by molar-refractivity contribution is 5.98. The number of amides is 1. The summed E-state index contributed by atoms with van der Waals surface area (Å²) in [5.41, 5.74) is 1.35. The van der Waals surface area contributed by atoms with E-state index in [1.165, 1.54) is 37.8 Å². The number of likely N-dealkylation sites (tertiary alicyclic amines) is 1.